The van der Waals surface area contributed by atoms with Crippen LogP contribution >= 0.6 is 11.6 Å². The van der Waals surface area contributed by atoms with Gasteiger partial charge in [-0.15, -0.1) is 0 Å². The van der Waals surface area contributed by atoms with Gasteiger partial charge in [0.25, 0.3) is 5.56 Å². The number of nitriles is 1. The van der Waals surface area contributed by atoms with Gasteiger partial charge in [0.15, 0.2) is 6.10 Å². The number of aromatic nitrogens is 1. The van der Waals surface area contributed by atoms with Gasteiger partial charge >= 0.3 is 0 Å². The minimum Gasteiger partial charge on any atom is -0.494 e. The standard InChI is InChI=1S/C20H21ClN2O5/c1-12-14(11-22)19(25)23(9-6-10-27-3)20(26)17(12)18(24)13(2)28-16-8-5-4-7-15(16)21/h4-5,7-8,13,26H,6,9-10H2,1-3H3. The van der Waals surface area contributed by atoms with Crippen LogP contribution in [0.4, 0.5) is 0 Å². The fraction of sp³-hybridized carbons (Fsp3) is 0.350. The Labute approximate surface area is 167 Å². The van der Waals surface area contributed by atoms with E-state index in [-0.39, 0.29) is 23.2 Å². The van der Waals surface area contributed by atoms with E-state index >= 15 is 0 Å². The quantitative estimate of drug-likeness (QED) is 0.536. The molecule has 8 heteroatoms. The molecule has 0 saturated carbocycles. The van der Waals surface area contributed by atoms with E-state index in [4.69, 9.17) is 21.1 Å². The van der Waals surface area contributed by atoms with Crippen LogP contribution < -0.4 is 10.3 Å². The number of hydrogen-bond acceptors (Lipinski definition) is 6. The second-order valence-corrected chi connectivity index (χ2v) is 6.58. The van der Waals surface area contributed by atoms with Crippen molar-refractivity contribution in [3.8, 4) is 17.7 Å². The number of methoxy groups -OCH3 is 1. The Morgan fingerprint density at radius 2 is 2.07 bits per heavy atom. The molecule has 0 fully saturated rings. The van der Waals surface area contributed by atoms with Crippen molar-refractivity contribution in [3.63, 3.8) is 0 Å². The smallest absolute Gasteiger partial charge is 0.271 e. The molecule has 28 heavy (non-hydrogen) atoms. The van der Waals surface area contributed by atoms with Crippen LogP contribution in [0, 0.1) is 18.3 Å². The normalized spacial score (nSPS) is 11.7. The molecule has 1 heterocycles. The minimum absolute atomic E-state index is 0.105. The first-order valence-corrected chi connectivity index (χ1v) is 9.02. The highest BCUT2D eigenvalue weighted by Gasteiger charge is 2.28. The van der Waals surface area contributed by atoms with Crippen LogP contribution in [0.15, 0.2) is 29.1 Å². The molecule has 1 atom stereocenters. The molecule has 0 radical (unpaired) electrons. The lowest BCUT2D eigenvalue weighted by atomic mass is 9.99. The number of carbonyl (C=O) groups excluding carboxylic acids is 1. The van der Waals surface area contributed by atoms with Gasteiger partial charge in [0.1, 0.15) is 17.4 Å². The number of pyridine rings is 1. The number of ether oxygens (including phenoxy) is 2. The molecule has 1 aromatic heterocycles. The van der Waals surface area contributed by atoms with Gasteiger partial charge in [0.2, 0.25) is 11.7 Å². The van der Waals surface area contributed by atoms with Gasteiger partial charge in [-0.25, -0.2) is 0 Å². The molecule has 1 aromatic carbocycles. The number of aromatic hydroxyl groups is 1. The molecule has 0 amide bonds. The predicted octanol–water partition coefficient (Wildman–Crippen LogP) is 3.07. The summed E-state index contributed by atoms with van der Waals surface area (Å²) in [6, 6.07) is 8.51. The zero-order chi connectivity index (χ0) is 20.8. The summed E-state index contributed by atoms with van der Waals surface area (Å²) >= 11 is 6.06. The van der Waals surface area contributed by atoms with Gasteiger partial charge in [0.05, 0.1) is 10.6 Å². The molecule has 2 rings (SSSR count). The lowest BCUT2D eigenvalue weighted by molar-refractivity contribution is 0.0812. The maximum absolute atomic E-state index is 13.0. The molecule has 1 N–H and O–H groups in total. The highest BCUT2D eigenvalue weighted by molar-refractivity contribution is 6.32. The van der Waals surface area contributed by atoms with Crippen molar-refractivity contribution >= 4 is 17.4 Å². The monoisotopic (exact) mass is 404 g/mol. The predicted molar refractivity (Wildman–Crippen MR) is 104 cm³/mol. The Morgan fingerprint density at radius 1 is 1.39 bits per heavy atom. The van der Waals surface area contributed by atoms with Crippen molar-refractivity contribution in [1.82, 2.24) is 4.57 Å². The SMILES string of the molecule is COCCCn1c(O)c(C(=O)C(C)Oc2ccccc2Cl)c(C)c(C#N)c1=O. The Hall–Kier alpha value is -2.82. The average Bonchev–Trinajstić information content (AvgIpc) is 2.66. The topological polar surface area (TPSA) is 102 Å². The van der Waals surface area contributed by atoms with E-state index in [1.54, 1.807) is 24.3 Å². The van der Waals surface area contributed by atoms with Gasteiger partial charge < -0.3 is 14.6 Å². The second kappa shape index (κ2) is 9.40. The van der Waals surface area contributed by atoms with E-state index in [2.05, 4.69) is 0 Å². The summed E-state index contributed by atoms with van der Waals surface area (Å²) in [5.41, 5.74) is -0.839. The molecule has 0 aliphatic rings. The first-order valence-electron chi connectivity index (χ1n) is 8.64. The fourth-order valence-electron chi connectivity index (χ4n) is 2.81. The number of ketones is 1. The zero-order valence-electron chi connectivity index (χ0n) is 15.9. The summed E-state index contributed by atoms with van der Waals surface area (Å²) in [7, 11) is 1.52. The number of benzene rings is 1. The number of para-hydroxylation sites is 1. The van der Waals surface area contributed by atoms with Crippen LogP contribution in [0.25, 0.3) is 0 Å². The van der Waals surface area contributed by atoms with Crippen molar-refractivity contribution in [2.75, 3.05) is 13.7 Å². The van der Waals surface area contributed by atoms with Gasteiger partial charge in [-0.2, -0.15) is 5.26 Å². The summed E-state index contributed by atoms with van der Waals surface area (Å²) in [4.78, 5) is 25.5. The van der Waals surface area contributed by atoms with Crippen LogP contribution in [0.1, 0.15) is 34.8 Å². The van der Waals surface area contributed by atoms with E-state index in [0.717, 1.165) is 4.57 Å². The highest BCUT2D eigenvalue weighted by atomic mass is 35.5. The maximum atomic E-state index is 13.0. The maximum Gasteiger partial charge on any atom is 0.271 e. The van der Waals surface area contributed by atoms with Crippen LogP contribution in [-0.4, -0.2) is 35.3 Å². The van der Waals surface area contributed by atoms with Gasteiger partial charge in [0, 0.05) is 20.3 Å². The molecule has 148 valence electrons. The van der Waals surface area contributed by atoms with E-state index in [1.165, 1.54) is 21.0 Å². The molecule has 0 saturated heterocycles. The number of Topliss-reactive ketones (excluding diaryl/α,β-unsaturated/α-hetero) is 1. The van der Waals surface area contributed by atoms with Crippen LogP contribution in [0.2, 0.25) is 5.02 Å². The summed E-state index contributed by atoms with van der Waals surface area (Å²) in [5.74, 6) is -0.736. The van der Waals surface area contributed by atoms with Gasteiger partial charge in [-0.3, -0.25) is 14.2 Å². The summed E-state index contributed by atoms with van der Waals surface area (Å²) in [6.07, 6.45) is -0.571. The molecule has 0 aliphatic carbocycles. The van der Waals surface area contributed by atoms with E-state index in [9.17, 15) is 20.0 Å². The molecular weight excluding hydrogens is 384 g/mol. The van der Waals surface area contributed by atoms with E-state index in [0.29, 0.717) is 23.8 Å². The summed E-state index contributed by atoms with van der Waals surface area (Å²) < 4.78 is 11.6. The molecule has 2 aromatic rings. The van der Waals surface area contributed by atoms with Crippen molar-refractivity contribution in [2.24, 2.45) is 0 Å². The Kier molecular flexibility index (Phi) is 7.21. The molecular formula is C20H21ClN2O5. The molecule has 0 spiro atoms. The first-order chi connectivity index (χ1) is 13.3. The number of rotatable bonds is 8. The van der Waals surface area contributed by atoms with Gasteiger partial charge in [-0.05, 0) is 38.0 Å². The third-order valence-electron chi connectivity index (χ3n) is 4.29. The van der Waals surface area contributed by atoms with Crippen LogP contribution in [-0.2, 0) is 11.3 Å². The summed E-state index contributed by atoms with van der Waals surface area (Å²) in [6.45, 7) is 3.43. The number of hydrogen-bond donors (Lipinski definition) is 1. The highest BCUT2D eigenvalue weighted by Crippen LogP contribution is 2.28. The van der Waals surface area contributed by atoms with E-state index < -0.39 is 23.3 Å². The fourth-order valence-corrected chi connectivity index (χ4v) is 2.99. The largest absolute Gasteiger partial charge is 0.494 e. The molecule has 1 unspecified atom stereocenters. The minimum atomic E-state index is -0.999. The Bertz CT molecular complexity index is 978. The lowest BCUT2D eigenvalue weighted by Gasteiger charge is -2.19. The van der Waals surface area contributed by atoms with Crippen molar-refractivity contribution in [1.29, 1.82) is 5.26 Å². The third kappa shape index (κ3) is 4.35. The summed E-state index contributed by atoms with van der Waals surface area (Å²) in [5, 5.41) is 20.3. The van der Waals surface area contributed by atoms with Crippen molar-refractivity contribution in [3.05, 3.63) is 56.3 Å². The van der Waals surface area contributed by atoms with Crippen molar-refractivity contribution < 1.29 is 19.4 Å². The number of halogens is 1. The number of nitrogens with zero attached hydrogens (tertiary/aromatic N) is 2. The average molecular weight is 405 g/mol. The van der Waals surface area contributed by atoms with Gasteiger partial charge in [-0.1, -0.05) is 23.7 Å². The molecule has 7 nitrogen and oxygen atoms in total. The zero-order valence-corrected chi connectivity index (χ0v) is 16.6. The Balaban J connectivity index is 2.46. The number of carbonyl (C=O) groups is 1. The van der Waals surface area contributed by atoms with Crippen LogP contribution in [0.5, 0.6) is 11.6 Å². The van der Waals surface area contributed by atoms with Crippen molar-refractivity contribution in [2.45, 2.75) is 32.9 Å². The second-order valence-electron chi connectivity index (χ2n) is 6.17. The third-order valence-corrected chi connectivity index (χ3v) is 4.60. The first kappa shape index (κ1) is 21.5. The van der Waals surface area contributed by atoms with Crippen LogP contribution in [0.3, 0.4) is 0 Å². The Morgan fingerprint density at radius 3 is 2.68 bits per heavy atom. The molecule has 0 aliphatic heterocycles. The van der Waals surface area contributed by atoms with E-state index in [1.807, 2.05) is 6.07 Å². The lowest BCUT2D eigenvalue weighted by Crippen LogP contribution is -2.31. The molecule has 0 bridgehead atoms.